The third-order valence-electron chi connectivity index (χ3n) is 5.58. The number of hydrogen-bond acceptors (Lipinski definition) is 3. The Morgan fingerprint density at radius 1 is 1.15 bits per heavy atom. The van der Waals surface area contributed by atoms with E-state index in [1.807, 2.05) is 0 Å². The van der Waals surface area contributed by atoms with Gasteiger partial charge >= 0.3 is 0 Å². The highest BCUT2D eigenvalue weighted by Gasteiger charge is 2.21. The van der Waals surface area contributed by atoms with E-state index in [-0.39, 0.29) is 5.91 Å². The predicted molar refractivity (Wildman–Crippen MR) is 105 cm³/mol. The van der Waals surface area contributed by atoms with Gasteiger partial charge in [0.05, 0.1) is 6.10 Å². The first-order valence-corrected chi connectivity index (χ1v) is 10.3. The van der Waals surface area contributed by atoms with E-state index in [0.717, 1.165) is 44.2 Å². The molecule has 4 nitrogen and oxygen atoms in total. The van der Waals surface area contributed by atoms with Gasteiger partial charge in [0.2, 0.25) is 5.91 Å². The molecule has 1 aromatic rings. The Morgan fingerprint density at radius 2 is 1.85 bits per heavy atom. The third kappa shape index (κ3) is 6.10. The first-order valence-electron chi connectivity index (χ1n) is 10.3. The van der Waals surface area contributed by atoms with Crippen molar-refractivity contribution < 1.29 is 9.53 Å². The van der Waals surface area contributed by atoms with Crippen LogP contribution in [0.25, 0.3) is 0 Å². The number of carbonyl (C=O) groups is 1. The summed E-state index contributed by atoms with van der Waals surface area (Å²) in [6.07, 6.45) is 5.28. The highest BCUT2D eigenvalue weighted by Crippen LogP contribution is 2.22. The summed E-state index contributed by atoms with van der Waals surface area (Å²) in [5.41, 5.74) is 2.53. The predicted octanol–water partition coefficient (Wildman–Crippen LogP) is 3.74. The Labute approximate surface area is 158 Å². The van der Waals surface area contributed by atoms with Crippen LogP contribution in [0.2, 0.25) is 0 Å². The Kier molecular flexibility index (Phi) is 7.09. The lowest BCUT2D eigenvalue weighted by atomic mass is 9.91. The quantitative estimate of drug-likeness (QED) is 0.807. The van der Waals surface area contributed by atoms with Gasteiger partial charge in [-0.3, -0.25) is 9.69 Å². The van der Waals surface area contributed by atoms with E-state index in [4.69, 9.17) is 4.74 Å². The van der Waals surface area contributed by atoms with Crippen LogP contribution in [0.15, 0.2) is 24.3 Å². The van der Waals surface area contributed by atoms with Gasteiger partial charge < -0.3 is 10.1 Å². The molecule has 2 saturated heterocycles. The minimum atomic E-state index is 0.126. The number of ether oxygens (including phenoxy) is 1. The molecule has 1 N–H and O–H groups in total. The summed E-state index contributed by atoms with van der Waals surface area (Å²) in [4.78, 5) is 14.6. The second kappa shape index (κ2) is 9.52. The monoisotopic (exact) mass is 358 g/mol. The molecule has 4 heteroatoms. The molecule has 26 heavy (non-hydrogen) atoms. The summed E-state index contributed by atoms with van der Waals surface area (Å²) in [5.74, 6) is 1.71. The van der Waals surface area contributed by atoms with Crippen molar-refractivity contribution in [1.29, 1.82) is 0 Å². The van der Waals surface area contributed by atoms with Gasteiger partial charge in [-0.15, -0.1) is 0 Å². The van der Waals surface area contributed by atoms with Crippen LogP contribution in [0.3, 0.4) is 0 Å². The maximum atomic E-state index is 12.0. The molecule has 1 aromatic carbocycles. The van der Waals surface area contributed by atoms with E-state index < -0.39 is 0 Å². The van der Waals surface area contributed by atoms with Crippen molar-refractivity contribution in [2.24, 2.45) is 11.8 Å². The molecule has 2 aliphatic rings. The first kappa shape index (κ1) is 19.4. The number of rotatable bonds is 7. The van der Waals surface area contributed by atoms with Crippen molar-refractivity contribution >= 4 is 5.91 Å². The van der Waals surface area contributed by atoms with E-state index in [1.54, 1.807) is 0 Å². The summed E-state index contributed by atoms with van der Waals surface area (Å²) < 4.78 is 5.57. The topological polar surface area (TPSA) is 41.6 Å². The second-order valence-corrected chi connectivity index (χ2v) is 8.41. The Bertz CT molecular complexity index is 556. The van der Waals surface area contributed by atoms with Crippen molar-refractivity contribution in [3.63, 3.8) is 0 Å². The van der Waals surface area contributed by atoms with Crippen LogP contribution in [0.1, 0.15) is 57.1 Å². The van der Waals surface area contributed by atoms with E-state index >= 15 is 0 Å². The standard InChI is InChI=1S/C22H34N2O2/c1-17-12-18(2)15-24(14-17)16-20-7-5-19(6-8-20)13-23-22(25)10-9-21-4-3-11-26-21/h5-8,17-18,21H,3-4,9-16H2,1-2H3,(H,23,25). The van der Waals surface area contributed by atoms with Crippen molar-refractivity contribution in [1.82, 2.24) is 10.2 Å². The van der Waals surface area contributed by atoms with Crippen LogP contribution < -0.4 is 5.32 Å². The highest BCUT2D eigenvalue weighted by atomic mass is 16.5. The molecule has 2 fully saturated rings. The maximum absolute atomic E-state index is 12.0. The Balaban J connectivity index is 1.39. The molecule has 3 rings (SSSR count). The van der Waals surface area contributed by atoms with Gasteiger partial charge in [0.15, 0.2) is 0 Å². The van der Waals surface area contributed by atoms with Crippen molar-refractivity contribution in [3.05, 3.63) is 35.4 Å². The molecule has 1 amide bonds. The highest BCUT2D eigenvalue weighted by molar-refractivity contribution is 5.75. The molecule has 3 unspecified atom stereocenters. The molecular formula is C22H34N2O2. The summed E-state index contributed by atoms with van der Waals surface area (Å²) in [6, 6.07) is 8.70. The lowest BCUT2D eigenvalue weighted by Gasteiger charge is -2.35. The first-order chi connectivity index (χ1) is 12.6. The molecule has 3 atom stereocenters. The van der Waals surface area contributed by atoms with E-state index in [0.29, 0.717) is 19.1 Å². The largest absolute Gasteiger partial charge is 0.378 e. The lowest BCUT2D eigenvalue weighted by Crippen LogP contribution is -2.38. The number of amides is 1. The fraction of sp³-hybridized carbons (Fsp3) is 0.682. The molecule has 0 aliphatic carbocycles. The maximum Gasteiger partial charge on any atom is 0.220 e. The van der Waals surface area contributed by atoms with Crippen molar-refractivity contribution in [2.75, 3.05) is 19.7 Å². The SMILES string of the molecule is CC1CC(C)CN(Cc2ccc(CNC(=O)CCC3CCCO3)cc2)C1. The molecule has 144 valence electrons. The summed E-state index contributed by atoms with van der Waals surface area (Å²) in [6.45, 7) is 9.61. The van der Waals surface area contributed by atoms with Crippen LogP contribution in [0.5, 0.6) is 0 Å². The average molecular weight is 359 g/mol. The number of nitrogens with zero attached hydrogens (tertiary/aromatic N) is 1. The van der Waals surface area contributed by atoms with Crippen LogP contribution in [-0.4, -0.2) is 36.6 Å². The molecule has 2 aliphatic heterocycles. The summed E-state index contributed by atoms with van der Waals surface area (Å²) >= 11 is 0. The van der Waals surface area contributed by atoms with Crippen LogP contribution >= 0.6 is 0 Å². The van der Waals surface area contributed by atoms with Gasteiger partial charge in [-0.2, -0.15) is 0 Å². The normalized spacial score (nSPS) is 26.8. The van der Waals surface area contributed by atoms with Gasteiger partial charge in [0.25, 0.3) is 0 Å². The lowest BCUT2D eigenvalue weighted by molar-refractivity contribution is -0.121. The zero-order chi connectivity index (χ0) is 18.4. The van der Waals surface area contributed by atoms with Gasteiger partial charge in [0.1, 0.15) is 0 Å². The Morgan fingerprint density at radius 3 is 2.50 bits per heavy atom. The molecule has 0 radical (unpaired) electrons. The van der Waals surface area contributed by atoms with Gasteiger partial charge in [-0.1, -0.05) is 38.1 Å². The smallest absolute Gasteiger partial charge is 0.220 e. The number of likely N-dealkylation sites (tertiary alicyclic amines) is 1. The van der Waals surface area contributed by atoms with E-state index in [1.165, 1.54) is 30.6 Å². The zero-order valence-electron chi connectivity index (χ0n) is 16.4. The average Bonchev–Trinajstić information content (AvgIpc) is 3.12. The molecular weight excluding hydrogens is 324 g/mol. The molecule has 0 bridgehead atoms. The van der Waals surface area contributed by atoms with Gasteiger partial charge in [-0.05, 0) is 48.6 Å². The van der Waals surface area contributed by atoms with Crippen molar-refractivity contribution in [2.45, 2.75) is 65.1 Å². The molecule has 2 heterocycles. The number of benzene rings is 1. The fourth-order valence-electron chi connectivity index (χ4n) is 4.39. The minimum Gasteiger partial charge on any atom is -0.378 e. The van der Waals surface area contributed by atoms with Gasteiger partial charge in [-0.25, -0.2) is 0 Å². The number of nitrogens with one attached hydrogen (secondary N) is 1. The number of carbonyl (C=O) groups excluding carboxylic acids is 1. The summed E-state index contributed by atoms with van der Waals surface area (Å²) in [7, 11) is 0. The van der Waals surface area contributed by atoms with Crippen LogP contribution in [-0.2, 0) is 22.6 Å². The second-order valence-electron chi connectivity index (χ2n) is 8.41. The number of piperidine rings is 1. The Hall–Kier alpha value is -1.39. The fourth-order valence-corrected chi connectivity index (χ4v) is 4.39. The zero-order valence-corrected chi connectivity index (χ0v) is 16.4. The van der Waals surface area contributed by atoms with E-state index in [9.17, 15) is 4.79 Å². The van der Waals surface area contributed by atoms with Crippen molar-refractivity contribution in [3.8, 4) is 0 Å². The van der Waals surface area contributed by atoms with E-state index in [2.05, 4.69) is 48.3 Å². The minimum absolute atomic E-state index is 0.126. The molecule has 0 aromatic heterocycles. The van der Waals surface area contributed by atoms with Gasteiger partial charge in [0, 0.05) is 39.2 Å². The van der Waals surface area contributed by atoms with Crippen LogP contribution in [0, 0.1) is 11.8 Å². The number of hydrogen-bond donors (Lipinski definition) is 1. The van der Waals surface area contributed by atoms with Crippen LogP contribution in [0.4, 0.5) is 0 Å². The molecule has 0 saturated carbocycles. The third-order valence-corrected chi connectivity index (χ3v) is 5.58. The summed E-state index contributed by atoms with van der Waals surface area (Å²) in [5, 5.41) is 3.03. The molecule has 0 spiro atoms.